The molecule has 2 N–H and O–H groups in total. The summed E-state index contributed by atoms with van der Waals surface area (Å²) in [7, 11) is 0. The maximum Gasteiger partial charge on any atom is 0.252 e. The van der Waals surface area contributed by atoms with E-state index in [1.165, 1.54) is 45.7 Å². The zero-order valence-corrected chi connectivity index (χ0v) is 20.2. The molecule has 2 aromatic carbocycles. The first kappa shape index (κ1) is 23.9. The van der Waals surface area contributed by atoms with Gasteiger partial charge in [0.1, 0.15) is 0 Å². The summed E-state index contributed by atoms with van der Waals surface area (Å²) in [5, 5.41) is 6.78. The average Bonchev–Trinajstić information content (AvgIpc) is 3.10. The van der Waals surface area contributed by atoms with Crippen LogP contribution in [0.3, 0.4) is 0 Å². The minimum absolute atomic E-state index is 0.0648. The fourth-order valence-electron chi connectivity index (χ4n) is 4.56. The topological polar surface area (TPSA) is 74.3 Å². The molecule has 1 aliphatic heterocycles. The average molecular weight is 459 g/mol. The number of hydrogen-bond acceptors (Lipinski definition) is 4. The maximum atomic E-state index is 13.2. The highest BCUT2D eigenvalue weighted by molar-refractivity contribution is 6.07. The summed E-state index contributed by atoms with van der Waals surface area (Å²) >= 11 is 0. The normalized spacial score (nSPS) is 14.5. The SMILES string of the molecule is CC(=O)Nc1ccc(-c2cc(C(=O)NCCCN3CCCCCC3)c3cc(C)ccc3n2)cc1. The predicted octanol–water partition coefficient (Wildman–Crippen LogP) is 5.16. The van der Waals surface area contributed by atoms with Gasteiger partial charge in [-0.15, -0.1) is 0 Å². The van der Waals surface area contributed by atoms with Gasteiger partial charge in [0.25, 0.3) is 5.91 Å². The van der Waals surface area contributed by atoms with Gasteiger partial charge in [-0.3, -0.25) is 9.59 Å². The molecule has 6 heteroatoms. The van der Waals surface area contributed by atoms with Crippen molar-refractivity contribution in [2.75, 3.05) is 31.5 Å². The van der Waals surface area contributed by atoms with Crippen molar-refractivity contribution >= 4 is 28.4 Å². The Morgan fingerprint density at radius 3 is 2.41 bits per heavy atom. The third-order valence-corrected chi connectivity index (χ3v) is 6.35. The number of benzene rings is 2. The summed E-state index contributed by atoms with van der Waals surface area (Å²) in [6, 6.07) is 15.4. The van der Waals surface area contributed by atoms with E-state index in [0.717, 1.165) is 46.4 Å². The number of aryl methyl sites for hydroxylation is 1. The first-order chi connectivity index (χ1) is 16.5. The maximum absolute atomic E-state index is 13.2. The molecule has 3 aromatic rings. The summed E-state index contributed by atoms with van der Waals surface area (Å²) < 4.78 is 0. The van der Waals surface area contributed by atoms with Crippen LogP contribution in [0.1, 0.15) is 54.9 Å². The molecule has 1 aromatic heterocycles. The number of nitrogens with one attached hydrogen (secondary N) is 2. The Bertz CT molecular complexity index is 1150. The van der Waals surface area contributed by atoms with Crippen molar-refractivity contribution in [2.24, 2.45) is 0 Å². The van der Waals surface area contributed by atoms with Gasteiger partial charge in [0.15, 0.2) is 0 Å². The molecule has 1 aliphatic rings. The number of pyridine rings is 1. The van der Waals surface area contributed by atoms with E-state index >= 15 is 0 Å². The van der Waals surface area contributed by atoms with Gasteiger partial charge in [-0.2, -0.15) is 0 Å². The highest BCUT2D eigenvalue weighted by Gasteiger charge is 2.15. The zero-order valence-electron chi connectivity index (χ0n) is 20.2. The molecule has 0 saturated carbocycles. The fraction of sp³-hybridized carbons (Fsp3) is 0.393. The molecular weight excluding hydrogens is 424 g/mol. The molecule has 178 valence electrons. The zero-order chi connectivity index (χ0) is 23.9. The van der Waals surface area contributed by atoms with Crippen LogP contribution in [0.4, 0.5) is 5.69 Å². The Hall–Kier alpha value is -3.25. The van der Waals surface area contributed by atoms with Gasteiger partial charge in [0.05, 0.1) is 16.8 Å². The van der Waals surface area contributed by atoms with E-state index in [1.807, 2.05) is 55.5 Å². The monoisotopic (exact) mass is 458 g/mol. The molecule has 34 heavy (non-hydrogen) atoms. The molecule has 6 nitrogen and oxygen atoms in total. The van der Waals surface area contributed by atoms with Crippen molar-refractivity contribution in [2.45, 2.75) is 46.0 Å². The summed E-state index contributed by atoms with van der Waals surface area (Å²) in [5.41, 5.74) is 4.90. The summed E-state index contributed by atoms with van der Waals surface area (Å²) in [4.78, 5) is 31.9. The number of carbonyl (C=O) groups excluding carboxylic acids is 2. The number of nitrogens with zero attached hydrogens (tertiary/aromatic N) is 2. The van der Waals surface area contributed by atoms with E-state index in [4.69, 9.17) is 4.98 Å². The number of rotatable bonds is 7. The number of carbonyl (C=O) groups is 2. The van der Waals surface area contributed by atoms with E-state index in [-0.39, 0.29) is 11.8 Å². The Kier molecular flexibility index (Phi) is 7.91. The molecule has 4 rings (SSSR count). The van der Waals surface area contributed by atoms with Gasteiger partial charge in [-0.05, 0) is 76.2 Å². The predicted molar refractivity (Wildman–Crippen MR) is 138 cm³/mol. The number of likely N-dealkylation sites (tertiary alicyclic amines) is 1. The minimum Gasteiger partial charge on any atom is -0.352 e. The Morgan fingerprint density at radius 1 is 0.971 bits per heavy atom. The van der Waals surface area contributed by atoms with Crippen molar-refractivity contribution in [1.29, 1.82) is 0 Å². The minimum atomic E-state index is -0.109. The van der Waals surface area contributed by atoms with E-state index < -0.39 is 0 Å². The van der Waals surface area contributed by atoms with Gasteiger partial charge < -0.3 is 15.5 Å². The molecule has 0 bridgehead atoms. The molecular formula is C28H34N4O2. The van der Waals surface area contributed by atoms with Crippen LogP contribution in [0.25, 0.3) is 22.2 Å². The third kappa shape index (κ3) is 6.20. The van der Waals surface area contributed by atoms with Gasteiger partial charge in [-0.25, -0.2) is 4.98 Å². The highest BCUT2D eigenvalue weighted by Crippen LogP contribution is 2.27. The largest absolute Gasteiger partial charge is 0.352 e. The fourth-order valence-corrected chi connectivity index (χ4v) is 4.56. The van der Waals surface area contributed by atoms with E-state index in [9.17, 15) is 9.59 Å². The van der Waals surface area contributed by atoms with Gasteiger partial charge in [-0.1, -0.05) is 36.6 Å². The number of hydrogen-bond donors (Lipinski definition) is 2. The van der Waals surface area contributed by atoms with Crippen LogP contribution in [-0.4, -0.2) is 47.9 Å². The Morgan fingerprint density at radius 2 is 1.71 bits per heavy atom. The van der Waals surface area contributed by atoms with E-state index in [2.05, 4.69) is 15.5 Å². The number of fused-ring (bicyclic) bond motifs is 1. The van der Waals surface area contributed by atoms with E-state index in [0.29, 0.717) is 12.1 Å². The lowest BCUT2D eigenvalue weighted by molar-refractivity contribution is -0.114. The van der Waals surface area contributed by atoms with Crippen molar-refractivity contribution in [3.63, 3.8) is 0 Å². The Balaban J connectivity index is 1.51. The van der Waals surface area contributed by atoms with Gasteiger partial charge in [0.2, 0.25) is 5.91 Å². The number of amides is 2. The number of aromatic nitrogens is 1. The van der Waals surface area contributed by atoms with Crippen molar-refractivity contribution in [1.82, 2.24) is 15.2 Å². The summed E-state index contributed by atoms with van der Waals surface area (Å²) in [5.74, 6) is -0.174. The molecule has 0 unspecified atom stereocenters. The van der Waals surface area contributed by atoms with Crippen LogP contribution in [0.15, 0.2) is 48.5 Å². The van der Waals surface area contributed by atoms with Crippen LogP contribution >= 0.6 is 0 Å². The lowest BCUT2D eigenvalue weighted by atomic mass is 10.0. The van der Waals surface area contributed by atoms with Crippen LogP contribution < -0.4 is 10.6 Å². The second kappa shape index (κ2) is 11.3. The molecule has 1 fully saturated rings. The van der Waals surface area contributed by atoms with Crippen LogP contribution in [0.5, 0.6) is 0 Å². The Labute approximate surface area is 201 Å². The summed E-state index contributed by atoms with van der Waals surface area (Å²) in [6.45, 7) is 7.54. The smallest absolute Gasteiger partial charge is 0.252 e. The van der Waals surface area contributed by atoms with Crippen molar-refractivity contribution in [3.05, 3.63) is 59.7 Å². The second-order valence-corrected chi connectivity index (χ2v) is 9.20. The first-order valence-corrected chi connectivity index (χ1v) is 12.3. The molecule has 0 aliphatic carbocycles. The van der Waals surface area contributed by atoms with Crippen molar-refractivity contribution < 1.29 is 9.59 Å². The van der Waals surface area contributed by atoms with Crippen LogP contribution in [0, 0.1) is 6.92 Å². The van der Waals surface area contributed by atoms with Gasteiger partial charge >= 0.3 is 0 Å². The van der Waals surface area contributed by atoms with Crippen LogP contribution in [-0.2, 0) is 4.79 Å². The standard InChI is InChI=1S/C28H34N4O2/c1-20-8-13-26-24(18-20)25(28(34)29-14-7-17-32-15-5-3-4-6-16-32)19-27(31-26)22-9-11-23(12-10-22)30-21(2)33/h8-13,18-19H,3-7,14-17H2,1-2H3,(H,29,34)(H,30,33). The quantitative estimate of drug-likeness (QED) is 0.479. The van der Waals surface area contributed by atoms with Crippen LogP contribution in [0.2, 0.25) is 0 Å². The molecule has 0 radical (unpaired) electrons. The molecule has 2 heterocycles. The van der Waals surface area contributed by atoms with E-state index in [1.54, 1.807) is 0 Å². The third-order valence-electron chi connectivity index (χ3n) is 6.35. The molecule has 1 saturated heterocycles. The highest BCUT2D eigenvalue weighted by atomic mass is 16.2. The van der Waals surface area contributed by atoms with Crippen molar-refractivity contribution in [3.8, 4) is 11.3 Å². The number of anilines is 1. The first-order valence-electron chi connectivity index (χ1n) is 12.3. The summed E-state index contributed by atoms with van der Waals surface area (Å²) in [6.07, 6.45) is 6.18. The molecule has 0 spiro atoms. The molecule has 2 amide bonds. The second-order valence-electron chi connectivity index (χ2n) is 9.20. The molecule has 0 atom stereocenters. The lowest BCUT2D eigenvalue weighted by Crippen LogP contribution is -2.30. The lowest BCUT2D eigenvalue weighted by Gasteiger charge is -2.19. The van der Waals surface area contributed by atoms with Gasteiger partial charge in [0, 0.05) is 30.1 Å².